The van der Waals surface area contributed by atoms with Gasteiger partial charge in [-0.05, 0) is 31.0 Å². The van der Waals surface area contributed by atoms with Gasteiger partial charge in [0, 0.05) is 4.90 Å². The fourth-order valence-corrected chi connectivity index (χ4v) is 2.03. The molecule has 0 saturated heterocycles. The molecule has 0 radical (unpaired) electrons. The zero-order chi connectivity index (χ0) is 11.3. The van der Waals surface area contributed by atoms with Gasteiger partial charge in [-0.15, -0.1) is 11.8 Å². The third-order valence-corrected chi connectivity index (χ3v) is 3.42. The molecular formula is C12H15NOS. The van der Waals surface area contributed by atoms with E-state index in [1.54, 1.807) is 18.7 Å². The van der Waals surface area contributed by atoms with E-state index in [4.69, 9.17) is 5.26 Å². The third-order valence-electron chi connectivity index (χ3n) is 2.16. The van der Waals surface area contributed by atoms with Crippen molar-refractivity contribution in [1.29, 1.82) is 5.26 Å². The monoisotopic (exact) mass is 221 g/mol. The number of hydrogen-bond donors (Lipinski definition) is 1. The van der Waals surface area contributed by atoms with Crippen LogP contribution in [-0.2, 0) is 0 Å². The maximum absolute atomic E-state index is 9.33. The molecule has 1 rings (SSSR count). The number of nitriles is 1. The largest absolute Gasteiger partial charge is 0.389 e. The van der Waals surface area contributed by atoms with Crippen LogP contribution in [0, 0.1) is 11.3 Å². The summed E-state index contributed by atoms with van der Waals surface area (Å²) in [5.41, 5.74) is 0.907. The Kier molecular flexibility index (Phi) is 4.67. The Balaban J connectivity index is 2.69. The standard InChI is InChI=1S/C12H15NOS/c1-3-11(8-13)15-12-6-4-10(5-7-12)9(2)14/h4-7,9,11,14H,3H2,1-2H3. The van der Waals surface area contributed by atoms with E-state index in [1.807, 2.05) is 31.2 Å². The lowest BCUT2D eigenvalue weighted by Crippen LogP contribution is -1.95. The van der Waals surface area contributed by atoms with E-state index in [0.29, 0.717) is 0 Å². The van der Waals surface area contributed by atoms with Gasteiger partial charge in [0.1, 0.15) is 0 Å². The summed E-state index contributed by atoms with van der Waals surface area (Å²) in [4.78, 5) is 1.08. The number of aliphatic hydroxyl groups is 1. The minimum atomic E-state index is -0.429. The molecule has 0 saturated carbocycles. The van der Waals surface area contributed by atoms with Crippen LogP contribution in [0.5, 0.6) is 0 Å². The highest BCUT2D eigenvalue weighted by atomic mass is 32.2. The van der Waals surface area contributed by atoms with Crippen LogP contribution in [-0.4, -0.2) is 10.4 Å². The van der Waals surface area contributed by atoms with Crippen molar-refractivity contribution in [2.75, 3.05) is 0 Å². The molecule has 15 heavy (non-hydrogen) atoms. The molecule has 0 aliphatic carbocycles. The first-order valence-electron chi connectivity index (χ1n) is 5.01. The number of nitrogens with zero attached hydrogens (tertiary/aromatic N) is 1. The Morgan fingerprint density at radius 3 is 2.40 bits per heavy atom. The average Bonchev–Trinajstić information content (AvgIpc) is 2.26. The molecule has 1 aromatic carbocycles. The molecule has 2 nitrogen and oxygen atoms in total. The molecular weight excluding hydrogens is 206 g/mol. The first-order valence-corrected chi connectivity index (χ1v) is 5.89. The van der Waals surface area contributed by atoms with E-state index in [9.17, 15) is 5.11 Å². The second-order valence-corrected chi connectivity index (χ2v) is 4.66. The maximum Gasteiger partial charge on any atom is 0.0961 e. The van der Waals surface area contributed by atoms with Gasteiger partial charge in [-0.25, -0.2) is 0 Å². The summed E-state index contributed by atoms with van der Waals surface area (Å²) in [5.74, 6) is 0. The van der Waals surface area contributed by atoms with Gasteiger partial charge in [0.25, 0.3) is 0 Å². The summed E-state index contributed by atoms with van der Waals surface area (Å²) >= 11 is 1.57. The quantitative estimate of drug-likeness (QED) is 0.794. The molecule has 3 heteroatoms. The topological polar surface area (TPSA) is 44.0 Å². The second-order valence-electron chi connectivity index (χ2n) is 3.39. The van der Waals surface area contributed by atoms with Gasteiger partial charge in [0.15, 0.2) is 0 Å². The van der Waals surface area contributed by atoms with Gasteiger partial charge < -0.3 is 5.11 Å². The molecule has 0 fully saturated rings. The van der Waals surface area contributed by atoms with Crippen molar-refractivity contribution < 1.29 is 5.11 Å². The van der Waals surface area contributed by atoms with Crippen LogP contribution in [0.25, 0.3) is 0 Å². The summed E-state index contributed by atoms with van der Waals surface area (Å²) in [6.45, 7) is 3.75. The maximum atomic E-state index is 9.33. The van der Waals surface area contributed by atoms with Crippen molar-refractivity contribution in [3.63, 3.8) is 0 Å². The van der Waals surface area contributed by atoms with Crippen molar-refractivity contribution in [2.24, 2.45) is 0 Å². The van der Waals surface area contributed by atoms with Crippen LogP contribution >= 0.6 is 11.8 Å². The van der Waals surface area contributed by atoms with Crippen LogP contribution in [0.3, 0.4) is 0 Å². The molecule has 2 unspecified atom stereocenters. The lowest BCUT2D eigenvalue weighted by atomic mass is 10.1. The van der Waals surface area contributed by atoms with Crippen LogP contribution in [0.2, 0.25) is 0 Å². The summed E-state index contributed by atoms with van der Waals surface area (Å²) < 4.78 is 0. The Morgan fingerprint density at radius 1 is 1.40 bits per heavy atom. The first kappa shape index (κ1) is 12.1. The van der Waals surface area contributed by atoms with E-state index in [-0.39, 0.29) is 5.25 Å². The second kappa shape index (κ2) is 5.79. The van der Waals surface area contributed by atoms with E-state index in [0.717, 1.165) is 16.9 Å². The van der Waals surface area contributed by atoms with E-state index in [2.05, 4.69) is 6.07 Å². The smallest absolute Gasteiger partial charge is 0.0961 e. The SMILES string of the molecule is CCC(C#N)Sc1ccc(C(C)O)cc1. The molecule has 1 aromatic rings. The van der Waals surface area contributed by atoms with Gasteiger partial charge in [0.05, 0.1) is 17.4 Å². The summed E-state index contributed by atoms with van der Waals surface area (Å²) in [5, 5.41) is 18.2. The molecule has 0 aromatic heterocycles. The van der Waals surface area contributed by atoms with E-state index < -0.39 is 6.10 Å². The van der Waals surface area contributed by atoms with E-state index in [1.165, 1.54) is 0 Å². The zero-order valence-electron chi connectivity index (χ0n) is 8.97. The minimum absolute atomic E-state index is 0.0161. The van der Waals surface area contributed by atoms with Crippen molar-refractivity contribution in [3.05, 3.63) is 29.8 Å². The summed E-state index contributed by atoms with van der Waals surface area (Å²) in [7, 11) is 0. The predicted molar refractivity (Wildman–Crippen MR) is 62.6 cm³/mol. The minimum Gasteiger partial charge on any atom is -0.389 e. The number of thioether (sulfide) groups is 1. The normalized spacial score (nSPS) is 14.3. The molecule has 80 valence electrons. The van der Waals surface area contributed by atoms with Gasteiger partial charge in [-0.2, -0.15) is 5.26 Å². The Labute approximate surface area is 94.9 Å². The third kappa shape index (κ3) is 3.58. The number of rotatable bonds is 4. The highest BCUT2D eigenvalue weighted by molar-refractivity contribution is 8.00. The van der Waals surface area contributed by atoms with Crippen molar-refractivity contribution in [2.45, 2.75) is 36.5 Å². The van der Waals surface area contributed by atoms with Gasteiger partial charge in [-0.3, -0.25) is 0 Å². The number of hydrogen-bond acceptors (Lipinski definition) is 3. The molecule has 0 spiro atoms. The molecule has 1 N–H and O–H groups in total. The fraction of sp³-hybridized carbons (Fsp3) is 0.417. The van der Waals surface area contributed by atoms with Crippen molar-refractivity contribution in [1.82, 2.24) is 0 Å². The average molecular weight is 221 g/mol. The number of benzene rings is 1. The van der Waals surface area contributed by atoms with Gasteiger partial charge in [-0.1, -0.05) is 19.1 Å². The van der Waals surface area contributed by atoms with E-state index >= 15 is 0 Å². The fourth-order valence-electron chi connectivity index (χ4n) is 1.19. The lowest BCUT2D eigenvalue weighted by molar-refractivity contribution is 0.199. The van der Waals surface area contributed by atoms with Crippen LogP contribution in [0.4, 0.5) is 0 Å². The molecule has 0 amide bonds. The Morgan fingerprint density at radius 2 is 2.00 bits per heavy atom. The molecule has 2 atom stereocenters. The Hall–Kier alpha value is -0.980. The van der Waals surface area contributed by atoms with Crippen molar-refractivity contribution >= 4 is 11.8 Å². The summed E-state index contributed by atoms with van der Waals surface area (Å²) in [6, 6.07) is 9.95. The van der Waals surface area contributed by atoms with Gasteiger partial charge >= 0.3 is 0 Å². The van der Waals surface area contributed by atoms with Gasteiger partial charge in [0.2, 0.25) is 0 Å². The number of aliphatic hydroxyl groups excluding tert-OH is 1. The first-order chi connectivity index (χ1) is 7.17. The van der Waals surface area contributed by atoms with Crippen LogP contribution in [0.15, 0.2) is 29.2 Å². The molecule has 0 bridgehead atoms. The zero-order valence-corrected chi connectivity index (χ0v) is 9.79. The van der Waals surface area contributed by atoms with Crippen molar-refractivity contribution in [3.8, 4) is 6.07 Å². The highest BCUT2D eigenvalue weighted by Gasteiger charge is 2.07. The molecule has 0 aliphatic rings. The Bertz CT molecular complexity index is 340. The molecule has 0 aliphatic heterocycles. The summed E-state index contributed by atoms with van der Waals surface area (Å²) in [6.07, 6.45) is 0.418. The highest BCUT2D eigenvalue weighted by Crippen LogP contribution is 2.26. The molecule has 0 heterocycles. The lowest BCUT2D eigenvalue weighted by Gasteiger charge is -2.08. The predicted octanol–water partition coefficient (Wildman–Crippen LogP) is 3.13. The van der Waals surface area contributed by atoms with Crippen LogP contribution < -0.4 is 0 Å². The van der Waals surface area contributed by atoms with Crippen LogP contribution in [0.1, 0.15) is 31.9 Å².